The van der Waals surface area contributed by atoms with Crippen LogP contribution in [0.4, 0.5) is 9.52 Å². The number of aromatic nitrogens is 3. The molecule has 0 saturated heterocycles. The molecule has 1 N–H and O–H groups in total. The zero-order chi connectivity index (χ0) is 18.3. The quantitative estimate of drug-likeness (QED) is 0.582. The van der Waals surface area contributed by atoms with Crippen LogP contribution in [0.2, 0.25) is 0 Å². The number of nitrogens with zero attached hydrogens (tertiary/aromatic N) is 3. The summed E-state index contributed by atoms with van der Waals surface area (Å²) in [7, 11) is 0. The fourth-order valence-corrected chi connectivity index (χ4v) is 3.58. The van der Waals surface area contributed by atoms with E-state index in [0.29, 0.717) is 10.8 Å². The number of amides is 1. The summed E-state index contributed by atoms with van der Waals surface area (Å²) in [6.07, 6.45) is 1.71. The normalized spacial score (nSPS) is 11.0. The first-order valence-corrected chi connectivity index (χ1v) is 8.82. The first-order chi connectivity index (χ1) is 12.5. The van der Waals surface area contributed by atoms with Crippen LogP contribution in [-0.2, 0) is 0 Å². The van der Waals surface area contributed by atoms with E-state index in [9.17, 15) is 9.18 Å². The molecule has 130 valence electrons. The van der Waals surface area contributed by atoms with E-state index in [1.807, 2.05) is 36.4 Å². The Kier molecular flexibility index (Phi) is 4.00. The van der Waals surface area contributed by atoms with E-state index >= 15 is 0 Å². The number of hydrogen-bond donors (Lipinski definition) is 1. The summed E-state index contributed by atoms with van der Waals surface area (Å²) in [4.78, 5) is 22.3. The predicted molar refractivity (Wildman–Crippen MR) is 100 cm³/mol. The molecular formula is C19H15FN4OS. The molecule has 3 aromatic heterocycles. The molecule has 1 amide bonds. The molecule has 1 aromatic carbocycles. The van der Waals surface area contributed by atoms with Gasteiger partial charge in [-0.05, 0) is 50.2 Å². The Morgan fingerprint density at radius 3 is 2.62 bits per heavy atom. The van der Waals surface area contributed by atoms with Gasteiger partial charge in [0.1, 0.15) is 17.2 Å². The third-order valence-electron chi connectivity index (χ3n) is 4.06. The largest absolute Gasteiger partial charge is 0.304 e. The number of carbonyl (C=O) groups excluding carboxylic acids is 1. The highest BCUT2D eigenvalue weighted by molar-refractivity contribution is 7.16. The molecule has 0 fully saturated rings. The van der Waals surface area contributed by atoms with Gasteiger partial charge in [0.25, 0.3) is 5.91 Å². The molecular weight excluding hydrogens is 351 g/mol. The van der Waals surface area contributed by atoms with Crippen molar-refractivity contribution in [3.05, 3.63) is 70.7 Å². The minimum absolute atomic E-state index is 0.294. The van der Waals surface area contributed by atoms with Crippen molar-refractivity contribution >= 4 is 28.0 Å². The number of imidazole rings is 1. The average molecular weight is 366 g/mol. The second kappa shape index (κ2) is 6.34. The van der Waals surface area contributed by atoms with Crippen molar-refractivity contribution in [2.75, 3.05) is 5.32 Å². The zero-order valence-electron chi connectivity index (χ0n) is 14.2. The number of hydrogen-bond acceptors (Lipinski definition) is 4. The maximum absolute atomic E-state index is 13.1. The summed E-state index contributed by atoms with van der Waals surface area (Å²) in [5.41, 5.74) is 3.59. The summed E-state index contributed by atoms with van der Waals surface area (Å²) in [5.74, 6) is -0.607. The molecule has 0 radical (unpaired) electrons. The summed E-state index contributed by atoms with van der Waals surface area (Å²) >= 11 is 1.38. The molecule has 0 atom stereocenters. The van der Waals surface area contributed by atoms with Gasteiger partial charge in [-0.25, -0.2) is 14.4 Å². The minimum Gasteiger partial charge on any atom is -0.304 e. The molecule has 4 rings (SSSR count). The third kappa shape index (κ3) is 2.97. The number of halogens is 1. The molecule has 0 saturated carbocycles. The Balaban J connectivity index is 1.60. The molecule has 4 aromatic rings. The summed E-state index contributed by atoms with van der Waals surface area (Å²) < 4.78 is 15.0. The van der Waals surface area contributed by atoms with Gasteiger partial charge in [0.2, 0.25) is 0 Å². The lowest BCUT2D eigenvalue weighted by molar-refractivity contribution is 0.102. The predicted octanol–water partition coefficient (Wildman–Crippen LogP) is 4.47. The second-order valence-electron chi connectivity index (χ2n) is 5.91. The monoisotopic (exact) mass is 366 g/mol. The zero-order valence-corrected chi connectivity index (χ0v) is 15.0. The van der Waals surface area contributed by atoms with E-state index in [1.165, 1.54) is 23.5 Å². The Morgan fingerprint density at radius 2 is 1.88 bits per heavy atom. The van der Waals surface area contributed by atoms with Crippen molar-refractivity contribution in [1.29, 1.82) is 0 Å². The van der Waals surface area contributed by atoms with Crippen LogP contribution in [0.1, 0.15) is 21.1 Å². The number of carbonyl (C=O) groups is 1. The number of fused-ring (bicyclic) bond motifs is 1. The molecule has 0 unspecified atom stereocenters. The van der Waals surface area contributed by atoms with Crippen molar-refractivity contribution in [3.63, 3.8) is 0 Å². The average Bonchev–Trinajstić information content (AvgIpc) is 3.20. The van der Waals surface area contributed by atoms with Gasteiger partial charge in [0, 0.05) is 22.3 Å². The van der Waals surface area contributed by atoms with Crippen LogP contribution in [0.25, 0.3) is 16.9 Å². The summed E-state index contributed by atoms with van der Waals surface area (Å²) in [6.45, 7) is 3.87. The Morgan fingerprint density at radius 1 is 1.12 bits per heavy atom. The van der Waals surface area contributed by atoms with Crippen LogP contribution < -0.4 is 5.32 Å². The highest BCUT2D eigenvalue weighted by Gasteiger charge is 2.16. The fraction of sp³-hybridized carbons (Fsp3) is 0.105. The number of benzene rings is 1. The van der Waals surface area contributed by atoms with Crippen LogP contribution in [0.5, 0.6) is 0 Å². The second-order valence-corrected chi connectivity index (χ2v) is 7.11. The SMILES string of the molecule is Cc1sc(NC(=O)c2cn3c(C)cccc3n2)nc1-c1ccc(F)cc1. The van der Waals surface area contributed by atoms with E-state index in [2.05, 4.69) is 15.3 Å². The molecule has 0 aliphatic heterocycles. The lowest BCUT2D eigenvalue weighted by Crippen LogP contribution is -2.12. The lowest BCUT2D eigenvalue weighted by atomic mass is 10.1. The smallest absolute Gasteiger partial charge is 0.277 e. The van der Waals surface area contributed by atoms with Gasteiger partial charge >= 0.3 is 0 Å². The van der Waals surface area contributed by atoms with Crippen LogP contribution in [0.3, 0.4) is 0 Å². The van der Waals surface area contributed by atoms with E-state index in [0.717, 1.165) is 27.5 Å². The van der Waals surface area contributed by atoms with Crippen LogP contribution in [-0.4, -0.2) is 20.3 Å². The highest BCUT2D eigenvalue weighted by Crippen LogP contribution is 2.30. The minimum atomic E-state index is -0.312. The van der Waals surface area contributed by atoms with Gasteiger partial charge in [-0.1, -0.05) is 6.07 Å². The fourth-order valence-electron chi connectivity index (χ4n) is 2.74. The molecule has 0 aliphatic rings. The van der Waals surface area contributed by atoms with Gasteiger partial charge < -0.3 is 4.40 Å². The molecule has 5 nitrogen and oxygen atoms in total. The van der Waals surface area contributed by atoms with Gasteiger partial charge in [0.05, 0.1) is 5.69 Å². The third-order valence-corrected chi connectivity index (χ3v) is 4.95. The standard InChI is InChI=1S/C19H15FN4OS/c1-11-4-3-5-16-21-15(10-24(11)16)18(25)23-19-22-17(12(2)26-19)13-6-8-14(20)9-7-13/h3-10H,1-2H3,(H,22,23,25). The lowest BCUT2D eigenvalue weighted by Gasteiger charge is -1.98. The number of nitrogens with one attached hydrogen (secondary N) is 1. The van der Waals surface area contributed by atoms with Crippen molar-refractivity contribution in [2.45, 2.75) is 13.8 Å². The van der Waals surface area contributed by atoms with Crippen LogP contribution >= 0.6 is 11.3 Å². The summed E-state index contributed by atoms with van der Waals surface area (Å²) in [5, 5.41) is 3.29. The van der Waals surface area contributed by atoms with Gasteiger partial charge in [-0.15, -0.1) is 11.3 Å². The maximum atomic E-state index is 13.1. The number of aryl methyl sites for hydroxylation is 2. The van der Waals surface area contributed by atoms with Gasteiger partial charge in [-0.2, -0.15) is 0 Å². The Labute approximate surface area is 153 Å². The van der Waals surface area contributed by atoms with Crippen molar-refractivity contribution in [3.8, 4) is 11.3 Å². The number of pyridine rings is 1. The van der Waals surface area contributed by atoms with Crippen LogP contribution in [0, 0.1) is 19.7 Å². The van der Waals surface area contributed by atoms with Gasteiger partial charge in [0.15, 0.2) is 5.13 Å². The molecule has 0 spiro atoms. The van der Waals surface area contributed by atoms with E-state index in [1.54, 1.807) is 18.3 Å². The maximum Gasteiger partial charge on any atom is 0.277 e. The van der Waals surface area contributed by atoms with E-state index in [4.69, 9.17) is 0 Å². The van der Waals surface area contributed by atoms with Crippen molar-refractivity contribution < 1.29 is 9.18 Å². The van der Waals surface area contributed by atoms with Crippen LogP contribution in [0.15, 0.2) is 48.7 Å². The molecule has 3 heterocycles. The van der Waals surface area contributed by atoms with Crippen molar-refractivity contribution in [1.82, 2.24) is 14.4 Å². The topological polar surface area (TPSA) is 59.3 Å². The van der Waals surface area contributed by atoms with Gasteiger partial charge in [-0.3, -0.25) is 10.1 Å². The highest BCUT2D eigenvalue weighted by atomic mass is 32.1. The first kappa shape index (κ1) is 16.4. The summed E-state index contributed by atoms with van der Waals surface area (Å²) in [6, 6.07) is 11.8. The number of thiazole rings is 1. The Hall–Kier alpha value is -3.06. The molecule has 26 heavy (non-hydrogen) atoms. The Bertz CT molecular complexity index is 1110. The van der Waals surface area contributed by atoms with E-state index < -0.39 is 0 Å². The van der Waals surface area contributed by atoms with E-state index in [-0.39, 0.29) is 11.7 Å². The number of rotatable bonds is 3. The molecule has 7 heteroatoms. The molecule has 0 aliphatic carbocycles. The number of anilines is 1. The molecule has 0 bridgehead atoms. The van der Waals surface area contributed by atoms with Crippen molar-refractivity contribution in [2.24, 2.45) is 0 Å². The first-order valence-electron chi connectivity index (χ1n) is 8.01.